The first-order valence-electron chi connectivity index (χ1n) is 1.97. The maximum atomic E-state index is 9.05. The van der Waals surface area contributed by atoms with Crippen molar-refractivity contribution in [3.63, 3.8) is 0 Å². The van der Waals surface area contributed by atoms with Crippen molar-refractivity contribution >= 4 is 12.6 Å². The molecule has 2 nitrogen and oxygen atoms in total. The number of hydrogen-bond donors (Lipinski definition) is 0. The summed E-state index contributed by atoms with van der Waals surface area (Å²) in [5.41, 5.74) is 0. The second-order valence-electron chi connectivity index (χ2n) is 0.702. The smallest absolute Gasteiger partial charge is 0 e. The van der Waals surface area contributed by atoms with Crippen molar-refractivity contribution in [2.75, 3.05) is 0 Å². The van der Waals surface area contributed by atoms with Gasteiger partial charge in [-0.1, -0.05) is 21.8 Å². The molecular formula is C7H16O2Y-2. The van der Waals surface area contributed by atoms with Gasteiger partial charge in [-0.3, -0.25) is 12.6 Å². The molecular weight excluding hydrogens is 205 g/mol. The first-order chi connectivity index (χ1) is 3.33. The molecule has 0 saturated carbocycles. The number of carbonyl (C=O) groups excluding carboxylic acids is 2. The molecule has 0 unspecified atom stereocenters. The van der Waals surface area contributed by atoms with E-state index in [0.29, 0.717) is 6.42 Å². The van der Waals surface area contributed by atoms with Crippen LogP contribution >= 0.6 is 0 Å². The fraction of sp³-hybridized carbons (Fsp3) is 0.714. The van der Waals surface area contributed by atoms with Crippen LogP contribution in [0.2, 0.25) is 0 Å². The van der Waals surface area contributed by atoms with Gasteiger partial charge in [0, 0.05) is 32.7 Å². The summed E-state index contributed by atoms with van der Waals surface area (Å²) < 4.78 is 0. The van der Waals surface area contributed by atoms with E-state index in [1.54, 1.807) is 13.2 Å². The van der Waals surface area contributed by atoms with Gasteiger partial charge in [0.2, 0.25) is 0 Å². The summed E-state index contributed by atoms with van der Waals surface area (Å²) in [5.74, 6) is 0. The molecule has 10 heavy (non-hydrogen) atoms. The predicted octanol–water partition coefficient (Wildman–Crippen LogP) is 1.89. The van der Waals surface area contributed by atoms with E-state index in [1.165, 1.54) is 13.2 Å². The number of hydrogen-bond acceptors (Lipinski definition) is 2. The van der Waals surface area contributed by atoms with Crippen molar-refractivity contribution < 1.29 is 42.3 Å². The standard InChI is InChI=1S/C3H5O.C2H3O.2CH4.Y/c1-2-3-4;1-2-3;;;/h2H2,1H3;1H3;2*1H4;/q2*-1;;;. The minimum Gasteiger partial charge on any atom is -0.542 e. The van der Waals surface area contributed by atoms with Gasteiger partial charge in [-0.2, -0.15) is 13.3 Å². The van der Waals surface area contributed by atoms with E-state index in [4.69, 9.17) is 9.59 Å². The van der Waals surface area contributed by atoms with Gasteiger partial charge in [-0.25, -0.2) is 0 Å². The SMILES string of the molecule is C.C.CC[C-]=O.C[C-]=O.[Y]. The topological polar surface area (TPSA) is 34.1 Å². The average Bonchev–Trinajstić information content (AvgIpc) is 1.69. The molecule has 3 heteroatoms. The molecule has 0 aromatic carbocycles. The number of rotatable bonds is 1. The Morgan fingerprint density at radius 1 is 1.20 bits per heavy atom. The third-order valence-corrected chi connectivity index (χ3v) is 0.144. The van der Waals surface area contributed by atoms with Crippen LogP contribution in [0.25, 0.3) is 0 Å². The molecule has 0 aromatic rings. The molecule has 0 aliphatic carbocycles. The van der Waals surface area contributed by atoms with E-state index < -0.39 is 0 Å². The van der Waals surface area contributed by atoms with Crippen molar-refractivity contribution in [2.45, 2.75) is 35.1 Å². The molecule has 61 valence electrons. The van der Waals surface area contributed by atoms with E-state index in [-0.39, 0.29) is 47.6 Å². The van der Waals surface area contributed by atoms with E-state index >= 15 is 0 Å². The zero-order valence-corrected chi connectivity index (χ0v) is 7.94. The predicted molar refractivity (Wildman–Crippen MR) is 40.8 cm³/mol. The third-order valence-electron chi connectivity index (χ3n) is 0.144. The molecule has 0 aliphatic rings. The Morgan fingerprint density at radius 2 is 1.30 bits per heavy atom. The Balaban J connectivity index is -0.0000000131. The van der Waals surface area contributed by atoms with Gasteiger partial charge in [-0.05, 0) is 0 Å². The van der Waals surface area contributed by atoms with E-state index in [0.717, 1.165) is 0 Å². The van der Waals surface area contributed by atoms with Gasteiger partial charge in [0.1, 0.15) is 0 Å². The summed E-state index contributed by atoms with van der Waals surface area (Å²) in [6.07, 6.45) is 3.69. The van der Waals surface area contributed by atoms with Crippen LogP contribution in [0.5, 0.6) is 0 Å². The zero-order chi connectivity index (χ0) is 6.12. The molecule has 0 aromatic heterocycles. The normalized spacial score (nSPS) is 3.80. The molecule has 0 fully saturated rings. The van der Waals surface area contributed by atoms with E-state index in [2.05, 4.69) is 0 Å². The second kappa shape index (κ2) is 56.8. The van der Waals surface area contributed by atoms with Crippen LogP contribution in [0.15, 0.2) is 0 Å². The Bertz CT molecular complexity index is 46.9. The van der Waals surface area contributed by atoms with Crippen molar-refractivity contribution in [3.05, 3.63) is 0 Å². The van der Waals surface area contributed by atoms with Crippen molar-refractivity contribution in [1.29, 1.82) is 0 Å². The van der Waals surface area contributed by atoms with Gasteiger partial charge in [-0.15, -0.1) is 0 Å². The van der Waals surface area contributed by atoms with E-state index in [1.807, 2.05) is 0 Å². The molecule has 0 bridgehead atoms. The average molecular weight is 221 g/mol. The van der Waals surface area contributed by atoms with Crippen molar-refractivity contribution in [1.82, 2.24) is 0 Å². The molecule has 0 aliphatic heterocycles. The molecule has 0 atom stereocenters. The molecule has 0 spiro atoms. The molecule has 0 amide bonds. The third kappa shape index (κ3) is 224. The largest absolute Gasteiger partial charge is 0.542 e. The fourth-order valence-corrected chi connectivity index (χ4v) is 0. The van der Waals surface area contributed by atoms with Crippen molar-refractivity contribution in [3.8, 4) is 0 Å². The first-order valence-corrected chi connectivity index (χ1v) is 1.97. The fourth-order valence-electron chi connectivity index (χ4n) is 0. The molecule has 0 rings (SSSR count). The van der Waals surface area contributed by atoms with Crippen LogP contribution in [0, 0.1) is 0 Å². The molecule has 0 saturated heterocycles. The first kappa shape index (κ1) is 31.4. The van der Waals surface area contributed by atoms with Crippen LogP contribution in [-0.4, -0.2) is 12.6 Å². The second-order valence-corrected chi connectivity index (χ2v) is 0.702. The summed E-state index contributed by atoms with van der Waals surface area (Å²) >= 11 is 0. The summed E-state index contributed by atoms with van der Waals surface area (Å²) in [5, 5.41) is 0. The zero-order valence-electron chi connectivity index (χ0n) is 5.10. The van der Waals surface area contributed by atoms with Gasteiger partial charge >= 0.3 is 0 Å². The minimum absolute atomic E-state index is 0. The van der Waals surface area contributed by atoms with Crippen molar-refractivity contribution in [2.24, 2.45) is 0 Å². The summed E-state index contributed by atoms with van der Waals surface area (Å²) in [6, 6.07) is 0. The summed E-state index contributed by atoms with van der Waals surface area (Å²) in [7, 11) is 0. The summed E-state index contributed by atoms with van der Waals surface area (Å²) in [6.45, 7) is 3.08. The van der Waals surface area contributed by atoms with Crippen LogP contribution < -0.4 is 0 Å². The van der Waals surface area contributed by atoms with Crippen LogP contribution in [0.3, 0.4) is 0 Å². The van der Waals surface area contributed by atoms with Gasteiger partial charge < -0.3 is 9.59 Å². The molecule has 0 heterocycles. The van der Waals surface area contributed by atoms with Gasteiger partial charge in [0.25, 0.3) is 0 Å². The van der Waals surface area contributed by atoms with E-state index in [9.17, 15) is 0 Å². The van der Waals surface area contributed by atoms with Crippen LogP contribution in [0.1, 0.15) is 35.1 Å². The Hall–Kier alpha value is 0.444. The quantitative estimate of drug-likeness (QED) is 0.633. The maximum Gasteiger partial charge on any atom is 0 e. The van der Waals surface area contributed by atoms with Crippen LogP contribution in [0.4, 0.5) is 0 Å². The van der Waals surface area contributed by atoms with Gasteiger partial charge in [0.05, 0.1) is 0 Å². The minimum atomic E-state index is 0. The summed E-state index contributed by atoms with van der Waals surface area (Å²) in [4.78, 5) is 17.7. The van der Waals surface area contributed by atoms with Gasteiger partial charge in [0.15, 0.2) is 0 Å². The Labute approximate surface area is 89.7 Å². The monoisotopic (exact) mass is 221 g/mol. The van der Waals surface area contributed by atoms with Crippen LogP contribution in [-0.2, 0) is 42.3 Å². The molecule has 1 radical (unpaired) electrons. The Kier molecular flexibility index (Phi) is 178. The Morgan fingerprint density at radius 3 is 1.30 bits per heavy atom. The maximum absolute atomic E-state index is 9.05. The molecule has 0 N–H and O–H groups in total.